The second-order valence-electron chi connectivity index (χ2n) is 6.24. The van der Waals surface area contributed by atoms with Crippen LogP contribution < -0.4 is 10.6 Å². The van der Waals surface area contributed by atoms with Gasteiger partial charge in [-0.1, -0.05) is 6.92 Å². The SMILES string of the molecule is CC1CCCN(CCNC(=O)NCC2(O)CCC2)C1. The molecule has 0 radical (unpaired) electrons. The smallest absolute Gasteiger partial charge is 0.314 e. The number of urea groups is 1. The average Bonchev–Trinajstić information content (AvgIpc) is 2.34. The third kappa shape index (κ3) is 4.66. The summed E-state index contributed by atoms with van der Waals surface area (Å²) in [6.45, 7) is 6.54. The van der Waals surface area contributed by atoms with Gasteiger partial charge in [-0.2, -0.15) is 0 Å². The lowest BCUT2D eigenvalue weighted by Crippen LogP contribution is -2.51. The molecule has 2 fully saturated rings. The number of piperidine rings is 1. The van der Waals surface area contributed by atoms with Gasteiger partial charge in [-0.25, -0.2) is 4.79 Å². The molecule has 5 nitrogen and oxygen atoms in total. The minimum absolute atomic E-state index is 0.162. The molecular formula is C14H27N3O2. The van der Waals surface area contributed by atoms with Crippen LogP contribution in [0.5, 0.6) is 0 Å². The lowest BCUT2D eigenvalue weighted by Gasteiger charge is -2.36. The molecule has 1 unspecified atom stereocenters. The van der Waals surface area contributed by atoms with Gasteiger partial charge in [0, 0.05) is 26.2 Å². The molecule has 1 saturated heterocycles. The van der Waals surface area contributed by atoms with E-state index in [1.165, 1.54) is 12.8 Å². The monoisotopic (exact) mass is 269 g/mol. The van der Waals surface area contributed by atoms with Crippen molar-refractivity contribution in [3.63, 3.8) is 0 Å². The van der Waals surface area contributed by atoms with Gasteiger partial charge in [-0.15, -0.1) is 0 Å². The summed E-state index contributed by atoms with van der Waals surface area (Å²) in [6.07, 6.45) is 5.26. The molecule has 5 heteroatoms. The van der Waals surface area contributed by atoms with Crippen molar-refractivity contribution in [1.29, 1.82) is 0 Å². The van der Waals surface area contributed by atoms with E-state index in [1.54, 1.807) is 0 Å². The topological polar surface area (TPSA) is 64.6 Å². The Bertz CT molecular complexity index is 305. The molecule has 1 saturated carbocycles. The number of nitrogens with one attached hydrogen (secondary N) is 2. The first kappa shape index (κ1) is 14.6. The number of carbonyl (C=O) groups excluding carboxylic acids is 1. The van der Waals surface area contributed by atoms with Gasteiger partial charge >= 0.3 is 6.03 Å². The van der Waals surface area contributed by atoms with Crippen LogP contribution in [0.3, 0.4) is 0 Å². The van der Waals surface area contributed by atoms with Crippen LogP contribution in [0.4, 0.5) is 4.79 Å². The van der Waals surface area contributed by atoms with Crippen molar-refractivity contribution in [3.8, 4) is 0 Å². The van der Waals surface area contributed by atoms with E-state index in [2.05, 4.69) is 22.5 Å². The van der Waals surface area contributed by atoms with Gasteiger partial charge in [0.25, 0.3) is 0 Å². The van der Waals surface area contributed by atoms with Crippen molar-refractivity contribution in [2.75, 3.05) is 32.7 Å². The van der Waals surface area contributed by atoms with Gasteiger partial charge in [-0.05, 0) is 44.6 Å². The Morgan fingerprint density at radius 1 is 1.37 bits per heavy atom. The number of aliphatic hydroxyl groups is 1. The Labute approximate surface area is 115 Å². The van der Waals surface area contributed by atoms with Crippen LogP contribution in [0.2, 0.25) is 0 Å². The average molecular weight is 269 g/mol. The third-order valence-corrected chi connectivity index (χ3v) is 4.32. The molecule has 0 aromatic rings. The van der Waals surface area contributed by atoms with Gasteiger partial charge in [0.05, 0.1) is 5.60 Å². The molecule has 2 rings (SSSR count). The Morgan fingerprint density at radius 3 is 2.79 bits per heavy atom. The fourth-order valence-corrected chi connectivity index (χ4v) is 2.89. The molecule has 0 aromatic carbocycles. The summed E-state index contributed by atoms with van der Waals surface area (Å²) in [7, 11) is 0. The predicted molar refractivity (Wildman–Crippen MR) is 75.0 cm³/mol. The van der Waals surface area contributed by atoms with Crippen LogP contribution >= 0.6 is 0 Å². The van der Waals surface area contributed by atoms with Crippen LogP contribution in [-0.4, -0.2) is 54.4 Å². The molecule has 3 N–H and O–H groups in total. The summed E-state index contributed by atoms with van der Waals surface area (Å²) < 4.78 is 0. The molecule has 2 aliphatic rings. The quantitative estimate of drug-likeness (QED) is 0.696. The van der Waals surface area contributed by atoms with Gasteiger partial charge in [0.1, 0.15) is 0 Å². The zero-order chi connectivity index (χ0) is 13.7. The summed E-state index contributed by atoms with van der Waals surface area (Å²) in [5.74, 6) is 0.774. The zero-order valence-electron chi connectivity index (χ0n) is 12.0. The number of hydrogen-bond donors (Lipinski definition) is 3. The number of rotatable bonds is 5. The fourth-order valence-electron chi connectivity index (χ4n) is 2.89. The highest BCUT2D eigenvalue weighted by Gasteiger charge is 2.34. The molecule has 2 amide bonds. The first-order valence-corrected chi connectivity index (χ1v) is 7.54. The van der Waals surface area contributed by atoms with Crippen molar-refractivity contribution in [1.82, 2.24) is 15.5 Å². The van der Waals surface area contributed by atoms with E-state index in [9.17, 15) is 9.90 Å². The van der Waals surface area contributed by atoms with Gasteiger partial charge in [-0.3, -0.25) is 0 Å². The molecule has 1 aliphatic carbocycles. The second kappa shape index (κ2) is 6.57. The molecule has 0 spiro atoms. The third-order valence-electron chi connectivity index (χ3n) is 4.32. The van der Waals surface area contributed by atoms with Gasteiger partial charge in [0.2, 0.25) is 0 Å². The van der Waals surface area contributed by atoms with E-state index in [-0.39, 0.29) is 6.03 Å². The molecule has 1 heterocycles. The molecular weight excluding hydrogens is 242 g/mol. The number of carbonyl (C=O) groups is 1. The molecule has 0 aromatic heterocycles. The van der Waals surface area contributed by atoms with Crippen molar-refractivity contribution >= 4 is 6.03 Å². The van der Waals surface area contributed by atoms with E-state index < -0.39 is 5.60 Å². The molecule has 1 aliphatic heterocycles. The van der Waals surface area contributed by atoms with Crippen LogP contribution in [0, 0.1) is 5.92 Å². The summed E-state index contributed by atoms with van der Waals surface area (Å²) >= 11 is 0. The normalized spacial score (nSPS) is 26.5. The Hall–Kier alpha value is -0.810. The Morgan fingerprint density at radius 2 is 2.16 bits per heavy atom. The minimum atomic E-state index is -0.639. The number of likely N-dealkylation sites (tertiary alicyclic amines) is 1. The maximum atomic E-state index is 11.6. The molecule has 19 heavy (non-hydrogen) atoms. The van der Waals surface area contributed by atoms with Crippen LogP contribution in [0.25, 0.3) is 0 Å². The first-order valence-electron chi connectivity index (χ1n) is 7.54. The van der Waals surface area contributed by atoms with E-state index in [0.717, 1.165) is 44.8 Å². The highest BCUT2D eigenvalue weighted by Crippen LogP contribution is 2.30. The Kier molecular flexibility index (Phi) is 5.05. The maximum absolute atomic E-state index is 11.6. The van der Waals surface area contributed by atoms with Crippen molar-refractivity contribution in [3.05, 3.63) is 0 Å². The van der Waals surface area contributed by atoms with E-state index in [4.69, 9.17) is 0 Å². The van der Waals surface area contributed by atoms with E-state index >= 15 is 0 Å². The lowest BCUT2D eigenvalue weighted by atomic mass is 9.80. The molecule has 110 valence electrons. The second-order valence-corrected chi connectivity index (χ2v) is 6.24. The number of amides is 2. The van der Waals surface area contributed by atoms with Crippen molar-refractivity contribution in [2.24, 2.45) is 5.92 Å². The Balaban J connectivity index is 1.53. The number of nitrogens with zero attached hydrogens (tertiary/aromatic N) is 1. The summed E-state index contributed by atoms with van der Waals surface area (Å²) in [6, 6.07) is -0.162. The molecule has 1 atom stereocenters. The van der Waals surface area contributed by atoms with E-state index in [1.807, 2.05) is 0 Å². The first-order chi connectivity index (χ1) is 9.07. The van der Waals surface area contributed by atoms with Crippen LogP contribution in [0.1, 0.15) is 39.0 Å². The highest BCUT2D eigenvalue weighted by atomic mass is 16.3. The number of hydrogen-bond acceptors (Lipinski definition) is 3. The summed E-state index contributed by atoms with van der Waals surface area (Å²) in [5, 5.41) is 15.5. The zero-order valence-corrected chi connectivity index (χ0v) is 12.0. The lowest BCUT2D eigenvalue weighted by molar-refractivity contribution is -0.0290. The van der Waals surface area contributed by atoms with Crippen LogP contribution in [-0.2, 0) is 0 Å². The van der Waals surface area contributed by atoms with Crippen molar-refractivity contribution < 1.29 is 9.90 Å². The minimum Gasteiger partial charge on any atom is -0.388 e. The van der Waals surface area contributed by atoms with E-state index in [0.29, 0.717) is 13.1 Å². The van der Waals surface area contributed by atoms with Crippen molar-refractivity contribution in [2.45, 2.75) is 44.6 Å². The predicted octanol–water partition coefficient (Wildman–Crippen LogP) is 0.933. The van der Waals surface area contributed by atoms with Gasteiger partial charge < -0.3 is 20.6 Å². The largest absolute Gasteiger partial charge is 0.388 e. The summed E-state index contributed by atoms with van der Waals surface area (Å²) in [4.78, 5) is 14.0. The summed E-state index contributed by atoms with van der Waals surface area (Å²) in [5.41, 5.74) is -0.639. The standard InChI is InChI=1S/C14H27N3O2/c1-12-4-2-8-17(10-12)9-7-15-13(18)16-11-14(19)5-3-6-14/h12,19H,2-11H2,1H3,(H2,15,16,18). The van der Waals surface area contributed by atoms with Crippen LogP contribution in [0.15, 0.2) is 0 Å². The molecule has 0 bridgehead atoms. The highest BCUT2D eigenvalue weighted by molar-refractivity contribution is 5.73. The fraction of sp³-hybridized carbons (Fsp3) is 0.929. The maximum Gasteiger partial charge on any atom is 0.314 e. The van der Waals surface area contributed by atoms with Gasteiger partial charge in [0.15, 0.2) is 0 Å².